The third-order valence-electron chi connectivity index (χ3n) is 5.54. The second-order valence-corrected chi connectivity index (χ2v) is 9.73. The monoisotopic (exact) mass is 494 g/mol. The third kappa shape index (κ3) is 3.99. The fourth-order valence-corrected chi connectivity index (χ4v) is 6.29. The smallest absolute Gasteiger partial charge is 0.409 e. The summed E-state index contributed by atoms with van der Waals surface area (Å²) >= 11 is 2.92. The van der Waals surface area contributed by atoms with Gasteiger partial charge in [0.1, 0.15) is 10.0 Å². The second kappa shape index (κ2) is 8.84. The molecule has 0 saturated carbocycles. The number of rotatable bonds is 4. The highest BCUT2D eigenvalue weighted by Gasteiger charge is 2.30. The Morgan fingerprint density at radius 1 is 1.18 bits per heavy atom. The molecule has 2 amide bonds. The number of para-hydroxylation sites is 1. The van der Waals surface area contributed by atoms with Gasteiger partial charge < -0.3 is 15.0 Å². The molecule has 0 radical (unpaired) electrons. The lowest BCUT2D eigenvalue weighted by molar-refractivity contribution is -0.384. The van der Waals surface area contributed by atoms with Crippen molar-refractivity contribution < 1.29 is 19.2 Å². The summed E-state index contributed by atoms with van der Waals surface area (Å²) < 4.78 is 5.90. The van der Waals surface area contributed by atoms with Crippen LogP contribution in [0, 0.1) is 10.1 Å². The number of ether oxygens (including phenoxy) is 1. The van der Waals surface area contributed by atoms with Gasteiger partial charge in [-0.25, -0.2) is 9.78 Å². The Balaban J connectivity index is 1.56. The summed E-state index contributed by atoms with van der Waals surface area (Å²) in [4.78, 5) is 43.1. The first kappa shape index (κ1) is 22.0. The van der Waals surface area contributed by atoms with Gasteiger partial charge in [0.2, 0.25) is 0 Å². The molecule has 0 aliphatic carbocycles. The van der Waals surface area contributed by atoms with E-state index in [4.69, 9.17) is 9.72 Å². The highest BCUT2D eigenvalue weighted by atomic mass is 32.1. The molecule has 0 spiro atoms. The minimum Gasteiger partial charge on any atom is -0.453 e. The number of hydrogen-bond donors (Lipinski definition) is 1. The lowest BCUT2D eigenvalue weighted by atomic mass is 10.0. The number of thiazole rings is 1. The van der Waals surface area contributed by atoms with E-state index in [1.807, 2.05) is 24.3 Å². The number of nitro groups is 1. The van der Waals surface area contributed by atoms with Crippen molar-refractivity contribution >= 4 is 55.6 Å². The van der Waals surface area contributed by atoms with Crippen molar-refractivity contribution in [3.8, 4) is 10.6 Å². The van der Waals surface area contributed by atoms with E-state index < -0.39 is 16.9 Å². The van der Waals surface area contributed by atoms with E-state index in [0.717, 1.165) is 31.2 Å². The molecule has 0 atom stereocenters. The van der Waals surface area contributed by atoms with Gasteiger partial charge in [0.25, 0.3) is 11.6 Å². The fourth-order valence-electron chi connectivity index (χ4n) is 3.92. The van der Waals surface area contributed by atoms with Crippen LogP contribution in [-0.2, 0) is 17.7 Å². The molecule has 0 bridgehead atoms. The van der Waals surface area contributed by atoms with Gasteiger partial charge in [-0.3, -0.25) is 14.9 Å². The number of non-ortho nitro benzene ring substituents is 1. The van der Waals surface area contributed by atoms with Crippen molar-refractivity contribution in [2.24, 2.45) is 0 Å². The zero-order valence-electron chi connectivity index (χ0n) is 17.9. The van der Waals surface area contributed by atoms with Crippen molar-refractivity contribution in [3.05, 3.63) is 74.6 Å². The third-order valence-corrected chi connectivity index (χ3v) is 7.73. The highest BCUT2D eigenvalue weighted by molar-refractivity contribution is 7.23. The number of methoxy groups -OCH3 is 1. The van der Waals surface area contributed by atoms with Crippen LogP contribution in [0.15, 0.2) is 48.5 Å². The Morgan fingerprint density at radius 2 is 2.00 bits per heavy atom. The van der Waals surface area contributed by atoms with Gasteiger partial charge in [-0.15, -0.1) is 22.7 Å². The number of fused-ring (bicyclic) bond motifs is 2. The van der Waals surface area contributed by atoms with E-state index in [1.165, 1.54) is 54.0 Å². The minimum absolute atomic E-state index is 0.154. The van der Waals surface area contributed by atoms with Crippen LogP contribution in [0.5, 0.6) is 0 Å². The van der Waals surface area contributed by atoms with Crippen molar-refractivity contribution in [3.63, 3.8) is 0 Å². The molecule has 1 aliphatic heterocycles. The number of carbonyl (C=O) groups is 2. The zero-order valence-corrected chi connectivity index (χ0v) is 19.6. The summed E-state index contributed by atoms with van der Waals surface area (Å²) in [7, 11) is 1.35. The van der Waals surface area contributed by atoms with Crippen LogP contribution in [0.1, 0.15) is 20.8 Å². The largest absolute Gasteiger partial charge is 0.453 e. The molecule has 0 saturated heterocycles. The molecule has 1 N–H and O–H groups in total. The van der Waals surface area contributed by atoms with Crippen LogP contribution in [0.4, 0.5) is 15.5 Å². The molecule has 1 aliphatic rings. The van der Waals surface area contributed by atoms with E-state index in [0.29, 0.717) is 24.5 Å². The van der Waals surface area contributed by atoms with Gasteiger partial charge in [0, 0.05) is 34.7 Å². The van der Waals surface area contributed by atoms with Gasteiger partial charge >= 0.3 is 6.09 Å². The number of carbonyl (C=O) groups excluding carboxylic acids is 2. The molecule has 3 heterocycles. The van der Waals surface area contributed by atoms with E-state index in [2.05, 4.69) is 5.32 Å². The number of thiophene rings is 1. The maximum absolute atomic E-state index is 13.0. The molecule has 2 aromatic carbocycles. The fraction of sp³-hybridized carbons (Fsp3) is 0.174. The minimum atomic E-state index is -0.533. The molecule has 34 heavy (non-hydrogen) atoms. The van der Waals surface area contributed by atoms with Crippen molar-refractivity contribution in [1.29, 1.82) is 0 Å². The number of nitro benzene ring substituents is 1. The summed E-state index contributed by atoms with van der Waals surface area (Å²) in [5.74, 6) is -0.450. The lowest BCUT2D eigenvalue weighted by Crippen LogP contribution is -2.35. The number of nitrogens with zero attached hydrogens (tertiary/aromatic N) is 3. The summed E-state index contributed by atoms with van der Waals surface area (Å²) in [6.07, 6.45) is 0.196. The Hall–Kier alpha value is -3.83. The zero-order chi connectivity index (χ0) is 23.8. The SMILES string of the molecule is COC(=O)N1CCc2c(sc(NC(=O)c3cccc([N+](=O)[O-])c3)c2-c2nc3ccccc3s2)C1. The van der Waals surface area contributed by atoms with Crippen LogP contribution in [0.25, 0.3) is 20.8 Å². The summed E-state index contributed by atoms with van der Waals surface area (Å²) in [6, 6.07) is 13.4. The highest BCUT2D eigenvalue weighted by Crippen LogP contribution is 2.45. The Bertz CT molecular complexity index is 1410. The van der Waals surface area contributed by atoms with Crippen molar-refractivity contribution in [2.45, 2.75) is 13.0 Å². The summed E-state index contributed by atoms with van der Waals surface area (Å²) in [6.45, 7) is 0.865. The Morgan fingerprint density at radius 3 is 2.76 bits per heavy atom. The van der Waals surface area contributed by atoms with Gasteiger partial charge in [0.15, 0.2) is 0 Å². The molecule has 0 fully saturated rings. The molecule has 172 valence electrons. The van der Waals surface area contributed by atoms with Crippen LogP contribution < -0.4 is 5.32 Å². The topological polar surface area (TPSA) is 115 Å². The van der Waals surface area contributed by atoms with Gasteiger partial charge in [-0.2, -0.15) is 0 Å². The maximum atomic E-state index is 13.0. The molecule has 2 aromatic heterocycles. The van der Waals surface area contributed by atoms with Gasteiger partial charge in [0.05, 0.1) is 28.8 Å². The van der Waals surface area contributed by atoms with Crippen LogP contribution in [0.2, 0.25) is 0 Å². The Kier molecular flexibility index (Phi) is 5.72. The molecule has 0 unspecified atom stereocenters. The average molecular weight is 495 g/mol. The number of nitrogens with one attached hydrogen (secondary N) is 1. The number of anilines is 1. The summed E-state index contributed by atoms with van der Waals surface area (Å²) in [5.41, 5.74) is 2.78. The predicted molar refractivity (Wildman–Crippen MR) is 131 cm³/mol. The predicted octanol–water partition coefficient (Wildman–Crippen LogP) is 5.31. The standard InChI is InChI=1S/C23H18N4O5S2/c1-32-23(29)26-10-9-15-18(12-26)34-22(19(15)21-24-16-7-2-3-8-17(16)33-21)25-20(28)13-5-4-6-14(11-13)27(30)31/h2-8,11H,9-10,12H2,1H3,(H,25,28). The molecule has 9 nitrogen and oxygen atoms in total. The molecule has 4 aromatic rings. The number of aromatic nitrogens is 1. The quantitative estimate of drug-likeness (QED) is 0.304. The number of hydrogen-bond acceptors (Lipinski definition) is 8. The first-order valence-electron chi connectivity index (χ1n) is 10.3. The second-order valence-electron chi connectivity index (χ2n) is 7.60. The van der Waals surface area contributed by atoms with Crippen LogP contribution >= 0.6 is 22.7 Å². The maximum Gasteiger partial charge on any atom is 0.409 e. The molecular weight excluding hydrogens is 476 g/mol. The van der Waals surface area contributed by atoms with Crippen molar-refractivity contribution in [2.75, 3.05) is 19.0 Å². The first-order chi connectivity index (χ1) is 16.4. The number of amides is 2. The Labute approximate surface area is 201 Å². The summed E-state index contributed by atoms with van der Waals surface area (Å²) in [5, 5.41) is 15.4. The van der Waals surface area contributed by atoms with E-state index in [9.17, 15) is 19.7 Å². The van der Waals surface area contributed by atoms with E-state index in [-0.39, 0.29) is 11.3 Å². The molecular formula is C23H18N4O5S2. The van der Waals surface area contributed by atoms with E-state index in [1.54, 1.807) is 4.90 Å². The van der Waals surface area contributed by atoms with Gasteiger partial charge in [-0.1, -0.05) is 18.2 Å². The van der Waals surface area contributed by atoms with Crippen LogP contribution in [-0.4, -0.2) is 40.5 Å². The molecule has 5 rings (SSSR count). The van der Waals surface area contributed by atoms with E-state index >= 15 is 0 Å². The normalized spacial score (nSPS) is 12.9. The lowest BCUT2D eigenvalue weighted by Gasteiger charge is -2.25. The number of benzene rings is 2. The van der Waals surface area contributed by atoms with Crippen LogP contribution in [0.3, 0.4) is 0 Å². The van der Waals surface area contributed by atoms with Crippen molar-refractivity contribution in [1.82, 2.24) is 9.88 Å². The first-order valence-corrected chi connectivity index (χ1v) is 12.0. The average Bonchev–Trinajstić information content (AvgIpc) is 3.43. The van der Waals surface area contributed by atoms with Gasteiger partial charge in [-0.05, 0) is 30.2 Å². The molecule has 11 heteroatoms.